The Labute approximate surface area is 186 Å². The number of oxazole rings is 1. The summed E-state index contributed by atoms with van der Waals surface area (Å²) in [5, 5.41) is 0. The first-order valence-electron chi connectivity index (χ1n) is 10.7. The van der Waals surface area contributed by atoms with Crippen molar-refractivity contribution < 1.29 is 27.8 Å². The Balaban J connectivity index is 1.35. The van der Waals surface area contributed by atoms with Crippen molar-refractivity contribution in [1.82, 2.24) is 4.98 Å². The van der Waals surface area contributed by atoms with E-state index < -0.39 is 5.97 Å². The van der Waals surface area contributed by atoms with Gasteiger partial charge in [0.05, 0.1) is 19.8 Å². The van der Waals surface area contributed by atoms with E-state index in [-0.39, 0.29) is 18.0 Å². The highest BCUT2D eigenvalue weighted by Crippen LogP contribution is 2.30. The van der Waals surface area contributed by atoms with Crippen LogP contribution in [0.5, 0.6) is 5.75 Å². The molecule has 6 nitrogen and oxygen atoms in total. The minimum atomic E-state index is -0.398. The van der Waals surface area contributed by atoms with Crippen molar-refractivity contribution in [1.29, 1.82) is 0 Å². The first kappa shape index (κ1) is 22.0. The van der Waals surface area contributed by atoms with Crippen molar-refractivity contribution in [2.24, 2.45) is 0 Å². The van der Waals surface area contributed by atoms with Gasteiger partial charge in [0.2, 0.25) is 5.89 Å². The molecule has 1 aliphatic rings. The van der Waals surface area contributed by atoms with Crippen molar-refractivity contribution in [2.45, 2.75) is 51.4 Å². The molecule has 0 saturated heterocycles. The Morgan fingerprint density at radius 2 is 1.94 bits per heavy atom. The van der Waals surface area contributed by atoms with Crippen LogP contribution in [0.15, 0.2) is 53.1 Å². The Hall–Kier alpha value is -3.19. The summed E-state index contributed by atoms with van der Waals surface area (Å²) in [4.78, 5) is 16.6. The number of ether oxygens (including phenoxy) is 3. The minimum Gasteiger partial charge on any atom is -0.489 e. The number of methoxy groups -OCH3 is 1. The van der Waals surface area contributed by atoms with E-state index in [1.165, 1.54) is 19.2 Å². The van der Waals surface area contributed by atoms with Gasteiger partial charge in [0.1, 0.15) is 35.2 Å². The summed E-state index contributed by atoms with van der Waals surface area (Å²) in [5.74, 6) is 0.276. The van der Waals surface area contributed by atoms with Crippen molar-refractivity contribution in [2.75, 3.05) is 7.11 Å². The summed E-state index contributed by atoms with van der Waals surface area (Å²) in [5.41, 5.74) is 2.68. The fourth-order valence-electron chi connectivity index (χ4n) is 3.94. The van der Waals surface area contributed by atoms with Crippen LogP contribution in [0.3, 0.4) is 0 Å². The Morgan fingerprint density at radius 1 is 1.16 bits per heavy atom. The molecule has 4 rings (SSSR count). The highest BCUT2D eigenvalue weighted by Gasteiger charge is 2.26. The van der Waals surface area contributed by atoms with Crippen molar-refractivity contribution in [3.05, 3.63) is 71.4 Å². The van der Waals surface area contributed by atoms with Gasteiger partial charge in [-0.3, -0.25) is 0 Å². The van der Waals surface area contributed by atoms with Gasteiger partial charge in [0.25, 0.3) is 0 Å². The third kappa shape index (κ3) is 5.16. The molecule has 7 heteroatoms. The molecule has 0 aliphatic heterocycles. The Kier molecular flexibility index (Phi) is 6.85. The molecular formula is C25H26FNO5. The van der Waals surface area contributed by atoms with Crippen LogP contribution in [0.25, 0.3) is 11.5 Å². The number of aryl methyl sites for hydroxylation is 1. The molecule has 0 radical (unpaired) electrons. The predicted octanol–water partition coefficient (Wildman–Crippen LogP) is 5.48. The van der Waals surface area contributed by atoms with Crippen molar-refractivity contribution >= 4 is 5.97 Å². The van der Waals surface area contributed by atoms with E-state index in [1.54, 1.807) is 24.5 Å². The third-order valence-corrected chi connectivity index (χ3v) is 5.61. The van der Waals surface area contributed by atoms with Gasteiger partial charge in [0, 0.05) is 12.0 Å². The number of rotatable bonds is 7. The fraction of sp³-hybridized carbons (Fsp3) is 0.360. The zero-order valence-electron chi connectivity index (χ0n) is 18.2. The van der Waals surface area contributed by atoms with E-state index in [1.807, 2.05) is 19.1 Å². The second kappa shape index (κ2) is 9.96. The van der Waals surface area contributed by atoms with E-state index >= 15 is 0 Å². The van der Waals surface area contributed by atoms with E-state index in [0.29, 0.717) is 35.1 Å². The van der Waals surface area contributed by atoms with Crippen LogP contribution < -0.4 is 4.74 Å². The molecule has 1 heterocycles. The van der Waals surface area contributed by atoms with Gasteiger partial charge >= 0.3 is 5.97 Å². The van der Waals surface area contributed by atoms with Gasteiger partial charge in [0.15, 0.2) is 0 Å². The second-order valence-corrected chi connectivity index (χ2v) is 7.93. The molecule has 0 amide bonds. The largest absolute Gasteiger partial charge is 0.489 e. The summed E-state index contributed by atoms with van der Waals surface area (Å²) in [6, 6.07) is 11.5. The number of halogens is 1. The van der Waals surface area contributed by atoms with E-state index in [2.05, 4.69) is 4.98 Å². The number of esters is 1. The van der Waals surface area contributed by atoms with Crippen LogP contribution in [-0.2, 0) is 16.1 Å². The van der Waals surface area contributed by atoms with Crippen LogP contribution in [0, 0.1) is 12.7 Å². The molecule has 0 spiro atoms. The van der Waals surface area contributed by atoms with Gasteiger partial charge in [-0.15, -0.1) is 0 Å². The lowest BCUT2D eigenvalue weighted by Gasteiger charge is -2.30. The molecule has 1 saturated carbocycles. The lowest BCUT2D eigenvalue weighted by atomic mass is 9.94. The topological polar surface area (TPSA) is 70.8 Å². The maximum atomic E-state index is 13.1. The molecule has 3 aromatic rings. The number of nitrogens with zero attached hydrogens (tertiary/aromatic N) is 1. The van der Waals surface area contributed by atoms with Gasteiger partial charge < -0.3 is 18.6 Å². The lowest BCUT2D eigenvalue weighted by molar-refractivity contribution is -0.0176. The second-order valence-electron chi connectivity index (χ2n) is 7.93. The standard InChI is InChI=1S/C25H26FNO5/c1-16-5-3-8-22(23(16)25(28)29-2)32-21-7-4-6-20(13-21)30-14-19-15-31-24(27-19)17-9-11-18(26)12-10-17/h3,5,8-12,15,20-21H,4,6-7,13-14H2,1-2H3/t20?,21-/m1/s1. The van der Waals surface area contributed by atoms with Crippen LogP contribution in [0.1, 0.15) is 47.3 Å². The molecule has 1 fully saturated rings. The number of aromatic nitrogens is 1. The third-order valence-electron chi connectivity index (χ3n) is 5.61. The molecule has 2 atom stereocenters. The number of carbonyl (C=O) groups excluding carboxylic acids is 1. The zero-order chi connectivity index (χ0) is 22.5. The average Bonchev–Trinajstić information content (AvgIpc) is 3.27. The van der Waals surface area contributed by atoms with Crippen LogP contribution in [-0.4, -0.2) is 30.3 Å². The molecule has 1 aromatic heterocycles. The smallest absolute Gasteiger partial charge is 0.341 e. The van der Waals surface area contributed by atoms with Gasteiger partial charge in [-0.1, -0.05) is 12.1 Å². The molecule has 168 valence electrons. The van der Waals surface area contributed by atoms with Crippen molar-refractivity contribution in [3.63, 3.8) is 0 Å². The van der Waals surface area contributed by atoms with E-state index in [0.717, 1.165) is 31.2 Å². The Bertz CT molecular complexity index is 1060. The summed E-state index contributed by atoms with van der Waals surface area (Å²) in [7, 11) is 1.37. The summed E-state index contributed by atoms with van der Waals surface area (Å²) < 4.78 is 35.8. The number of carbonyl (C=O) groups is 1. The highest BCUT2D eigenvalue weighted by atomic mass is 19.1. The minimum absolute atomic E-state index is 0.0195. The molecule has 0 N–H and O–H groups in total. The number of benzene rings is 2. The number of hydrogen-bond donors (Lipinski definition) is 0. The fourth-order valence-corrected chi connectivity index (χ4v) is 3.94. The average molecular weight is 439 g/mol. The molecule has 32 heavy (non-hydrogen) atoms. The molecular weight excluding hydrogens is 413 g/mol. The first-order chi connectivity index (χ1) is 15.5. The van der Waals surface area contributed by atoms with E-state index in [9.17, 15) is 9.18 Å². The summed E-state index contributed by atoms with van der Waals surface area (Å²) in [6.07, 6.45) is 5.04. The number of hydrogen-bond acceptors (Lipinski definition) is 6. The van der Waals surface area contributed by atoms with Gasteiger partial charge in [-0.25, -0.2) is 14.2 Å². The molecule has 1 unspecified atom stereocenters. The van der Waals surface area contributed by atoms with Crippen LogP contribution >= 0.6 is 0 Å². The molecule has 1 aliphatic carbocycles. The summed E-state index contributed by atoms with van der Waals surface area (Å²) >= 11 is 0. The highest BCUT2D eigenvalue weighted by molar-refractivity contribution is 5.94. The summed E-state index contributed by atoms with van der Waals surface area (Å²) in [6.45, 7) is 2.18. The predicted molar refractivity (Wildman–Crippen MR) is 116 cm³/mol. The quantitative estimate of drug-likeness (QED) is 0.454. The lowest BCUT2D eigenvalue weighted by Crippen LogP contribution is -2.30. The van der Waals surface area contributed by atoms with E-state index in [4.69, 9.17) is 18.6 Å². The first-order valence-corrected chi connectivity index (χ1v) is 10.7. The molecule has 2 aromatic carbocycles. The zero-order valence-corrected chi connectivity index (χ0v) is 18.2. The van der Waals surface area contributed by atoms with Crippen LogP contribution in [0.2, 0.25) is 0 Å². The maximum absolute atomic E-state index is 13.1. The van der Waals surface area contributed by atoms with Gasteiger partial charge in [-0.05, 0) is 62.1 Å². The normalized spacial score (nSPS) is 18.3. The van der Waals surface area contributed by atoms with Gasteiger partial charge in [-0.2, -0.15) is 0 Å². The van der Waals surface area contributed by atoms with Crippen LogP contribution in [0.4, 0.5) is 4.39 Å². The SMILES string of the molecule is COC(=O)c1c(C)cccc1O[C@@H]1CCCC(OCc2coc(-c3ccc(F)cc3)n2)C1. The Morgan fingerprint density at radius 3 is 2.72 bits per heavy atom. The maximum Gasteiger partial charge on any atom is 0.341 e. The monoisotopic (exact) mass is 439 g/mol. The molecule has 0 bridgehead atoms. The van der Waals surface area contributed by atoms with Crippen molar-refractivity contribution in [3.8, 4) is 17.2 Å².